The highest BCUT2D eigenvalue weighted by atomic mass is 31.2. The van der Waals surface area contributed by atoms with Crippen LogP contribution in [0.5, 0.6) is 0 Å². The number of hydrogen-bond donors (Lipinski definition) is 0. The maximum Gasteiger partial charge on any atom is 0.368 e. The van der Waals surface area contributed by atoms with Gasteiger partial charge in [-0.25, -0.2) is 4.79 Å². The molecule has 0 saturated heterocycles. The molecule has 0 aromatic heterocycles. The van der Waals surface area contributed by atoms with Gasteiger partial charge in [0.1, 0.15) is 5.31 Å². The lowest BCUT2D eigenvalue weighted by molar-refractivity contribution is -0.137. The molecule has 0 aliphatic rings. The zero-order valence-corrected chi connectivity index (χ0v) is 17.3. The summed E-state index contributed by atoms with van der Waals surface area (Å²) in [4.78, 5) is 14.6. The summed E-state index contributed by atoms with van der Waals surface area (Å²) in [7, 11) is -3.75. The molecule has 0 aliphatic carbocycles. The van der Waals surface area contributed by atoms with Gasteiger partial charge in [0.15, 0.2) is 0 Å². The van der Waals surface area contributed by atoms with Crippen LogP contribution in [0.2, 0.25) is 0 Å². The Hall–Kier alpha value is -1.62. The number of anilines is 1. The average molecular weight is 383 g/mol. The quantitative estimate of drug-likeness (QED) is 0.313. The summed E-state index contributed by atoms with van der Waals surface area (Å²) in [5.41, 5.74) is 1.81. The third kappa shape index (κ3) is 5.97. The number of esters is 1. The van der Waals surface area contributed by atoms with Gasteiger partial charge in [0, 0.05) is 18.8 Å². The van der Waals surface area contributed by atoms with Gasteiger partial charge in [-0.05, 0) is 58.4 Å². The third-order valence-electron chi connectivity index (χ3n) is 3.70. The summed E-state index contributed by atoms with van der Waals surface area (Å²) in [6.45, 7) is 11.6. The summed E-state index contributed by atoms with van der Waals surface area (Å²) < 4.78 is 28.8. The topological polar surface area (TPSA) is 65.1 Å². The molecule has 0 aliphatic heterocycles. The first-order chi connectivity index (χ1) is 12.4. The van der Waals surface area contributed by atoms with Gasteiger partial charge in [0.25, 0.3) is 0 Å². The van der Waals surface area contributed by atoms with Crippen molar-refractivity contribution < 1.29 is 23.1 Å². The van der Waals surface area contributed by atoms with Gasteiger partial charge in [-0.15, -0.1) is 0 Å². The van der Waals surface area contributed by atoms with Gasteiger partial charge in [0.05, 0.1) is 19.8 Å². The summed E-state index contributed by atoms with van der Waals surface area (Å²) >= 11 is 0. The van der Waals surface area contributed by atoms with E-state index in [1.807, 2.05) is 24.3 Å². The second-order valence-corrected chi connectivity index (χ2v) is 7.34. The van der Waals surface area contributed by atoms with Crippen LogP contribution in [0.4, 0.5) is 5.69 Å². The van der Waals surface area contributed by atoms with Gasteiger partial charge in [0.2, 0.25) is 0 Å². The van der Waals surface area contributed by atoms with Crippen LogP contribution >= 0.6 is 7.60 Å². The second kappa shape index (κ2) is 11.2. The van der Waals surface area contributed by atoms with Crippen LogP contribution in [0.1, 0.15) is 40.2 Å². The van der Waals surface area contributed by atoms with Crippen LogP contribution in [0.3, 0.4) is 0 Å². The Labute approximate surface area is 156 Å². The molecule has 1 aromatic carbocycles. The third-order valence-corrected chi connectivity index (χ3v) is 5.80. The summed E-state index contributed by atoms with van der Waals surface area (Å²) in [6.07, 6.45) is 1.52. The van der Waals surface area contributed by atoms with Crippen molar-refractivity contribution in [1.82, 2.24) is 0 Å². The first-order valence-corrected chi connectivity index (χ1v) is 10.6. The van der Waals surface area contributed by atoms with E-state index >= 15 is 0 Å². The van der Waals surface area contributed by atoms with E-state index in [-0.39, 0.29) is 25.1 Å². The van der Waals surface area contributed by atoms with Crippen molar-refractivity contribution in [2.75, 3.05) is 37.8 Å². The predicted molar refractivity (Wildman–Crippen MR) is 105 cm³/mol. The molecule has 0 saturated carbocycles. The number of ether oxygens (including phenoxy) is 1. The Morgan fingerprint density at radius 1 is 0.962 bits per heavy atom. The highest BCUT2D eigenvalue weighted by molar-refractivity contribution is 7.60. The van der Waals surface area contributed by atoms with Crippen LogP contribution in [0.15, 0.2) is 29.6 Å². The molecule has 1 rings (SSSR count). The molecule has 0 unspecified atom stereocenters. The number of benzene rings is 1. The molecule has 0 amide bonds. The fourth-order valence-corrected chi connectivity index (χ4v) is 4.13. The van der Waals surface area contributed by atoms with Crippen molar-refractivity contribution in [2.45, 2.75) is 34.6 Å². The molecule has 0 N–H and O–H groups in total. The zero-order valence-electron chi connectivity index (χ0n) is 16.4. The Kier molecular flexibility index (Phi) is 9.63. The molecule has 7 heteroatoms. The summed E-state index contributed by atoms with van der Waals surface area (Å²) in [5, 5.41) is -0.0846. The van der Waals surface area contributed by atoms with Crippen LogP contribution in [-0.4, -0.2) is 38.9 Å². The number of carbonyl (C=O) groups excluding carboxylic acids is 1. The van der Waals surface area contributed by atoms with Crippen LogP contribution < -0.4 is 4.90 Å². The minimum Gasteiger partial charge on any atom is -0.462 e. The lowest BCUT2D eigenvalue weighted by Crippen LogP contribution is -2.21. The molecular weight excluding hydrogens is 353 g/mol. The molecule has 146 valence electrons. The van der Waals surface area contributed by atoms with E-state index in [0.717, 1.165) is 24.3 Å². The lowest BCUT2D eigenvalue weighted by atomic mass is 10.2. The highest BCUT2D eigenvalue weighted by Gasteiger charge is 2.36. The Morgan fingerprint density at radius 3 is 1.92 bits per heavy atom. The highest BCUT2D eigenvalue weighted by Crippen LogP contribution is 2.57. The van der Waals surface area contributed by atoms with Gasteiger partial charge in [-0.3, -0.25) is 4.57 Å². The molecule has 0 fully saturated rings. The molecule has 0 atom stereocenters. The molecule has 0 heterocycles. The minimum atomic E-state index is -3.75. The largest absolute Gasteiger partial charge is 0.462 e. The van der Waals surface area contributed by atoms with Crippen LogP contribution in [0, 0.1) is 0 Å². The molecule has 0 bridgehead atoms. The molecule has 6 nitrogen and oxygen atoms in total. The molecular formula is C19H30NO5P. The first kappa shape index (κ1) is 22.4. The van der Waals surface area contributed by atoms with Crippen LogP contribution in [0.25, 0.3) is 6.08 Å². The Morgan fingerprint density at radius 2 is 1.50 bits per heavy atom. The number of rotatable bonds is 11. The van der Waals surface area contributed by atoms with E-state index in [0.29, 0.717) is 0 Å². The SMILES string of the molecule is CCOC(=O)/C(=C\c1ccc(N(CC)CC)cc1)P(=O)(OCC)OCC. The fraction of sp³-hybridized carbons (Fsp3) is 0.526. The minimum absolute atomic E-state index is 0.0846. The Bertz CT molecular complexity index is 628. The molecule has 0 radical (unpaired) electrons. The van der Waals surface area contributed by atoms with E-state index in [4.69, 9.17) is 13.8 Å². The normalized spacial score (nSPS) is 12.1. The van der Waals surface area contributed by atoms with Crippen molar-refractivity contribution in [2.24, 2.45) is 0 Å². The van der Waals surface area contributed by atoms with Crippen LogP contribution in [-0.2, 0) is 23.1 Å². The zero-order chi connectivity index (χ0) is 19.6. The van der Waals surface area contributed by atoms with Crippen molar-refractivity contribution in [3.05, 3.63) is 35.1 Å². The molecule has 0 spiro atoms. The Balaban J connectivity index is 3.29. The average Bonchev–Trinajstić information content (AvgIpc) is 2.62. The maximum atomic E-state index is 13.1. The van der Waals surface area contributed by atoms with E-state index in [1.54, 1.807) is 20.8 Å². The van der Waals surface area contributed by atoms with E-state index < -0.39 is 13.6 Å². The van der Waals surface area contributed by atoms with Gasteiger partial charge >= 0.3 is 13.6 Å². The fourth-order valence-electron chi connectivity index (χ4n) is 2.50. The monoisotopic (exact) mass is 383 g/mol. The maximum absolute atomic E-state index is 13.1. The number of carbonyl (C=O) groups is 1. The van der Waals surface area contributed by atoms with E-state index in [1.165, 1.54) is 6.08 Å². The van der Waals surface area contributed by atoms with E-state index in [9.17, 15) is 9.36 Å². The number of nitrogens with zero attached hydrogens (tertiary/aromatic N) is 1. The van der Waals surface area contributed by atoms with Crippen molar-refractivity contribution in [1.29, 1.82) is 0 Å². The van der Waals surface area contributed by atoms with Gasteiger partial charge in [-0.1, -0.05) is 12.1 Å². The van der Waals surface area contributed by atoms with Crippen molar-refractivity contribution >= 4 is 25.3 Å². The van der Waals surface area contributed by atoms with E-state index in [2.05, 4.69) is 18.7 Å². The van der Waals surface area contributed by atoms with Gasteiger partial charge < -0.3 is 18.7 Å². The smallest absolute Gasteiger partial charge is 0.368 e. The summed E-state index contributed by atoms with van der Waals surface area (Å²) in [6, 6.07) is 7.67. The van der Waals surface area contributed by atoms with Crippen molar-refractivity contribution in [3.63, 3.8) is 0 Å². The molecule has 1 aromatic rings. The standard InChI is InChI=1S/C19H30NO5P/c1-6-20(7-2)17-13-11-16(12-14-17)15-18(19(21)23-8-3)26(22,24-9-4)25-10-5/h11-15H,6-10H2,1-5H3/b18-15+. The number of hydrogen-bond acceptors (Lipinski definition) is 6. The first-order valence-electron chi connectivity index (χ1n) is 9.09. The second-order valence-electron chi connectivity index (χ2n) is 5.35. The molecule has 26 heavy (non-hydrogen) atoms. The van der Waals surface area contributed by atoms with Crippen molar-refractivity contribution in [3.8, 4) is 0 Å². The lowest BCUT2D eigenvalue weighted by Gasteiger charge is -2.21. The predicted octanol–water partition coefficient (Wildman–Crippen LogP) is 4.70. The van der Waals surface area contributed by atoms with Gasteiger partial charge in [-0.2, -0.15) is 0 Å². The summed E-state index contributed by atoms with van der Waals surface area (Å²) in [5.74, 6) is -0.689.